The van der Waals surface area contributed by atoms with Crippen LogP contribution in [0.4, 0.5) is 8.78 Å². The summed E-state index contributed by atoms with van der Waals surface area (Å²) in [6.45, 7) is 2.25. The third-order valence-electron chi connectivity index (χ3n) is 1.02. The normalized spacial score (nSPS) is 12.8. The molecule has 0 saturated heterocycles. The van der Waals surface area contributed by atoms with E-state index in [1.165, 1.54) is 6.08 Å². The predicted molar refractivity (Wildman–Crippen MR) is 43.8 cm³/mol. The van der Waals surface area contributed by atoms with Crippen molar-refractivity contribution >= 4 is 15.9 Å². The molecule has 0 radical (unpaired) electrons. The van der Waals surface area contributed by atoms with Crippen LogP contribution in [0.2, 0.25) is 0 Å². The van der Waals surface area contributed by atoms with Crippen molar-refractivity contribution < 1.29 is 13.5 Å². The Balaban J connectivity index is 4.26. The molecule has 0 aliphatic rings. The minimum atomic E-state index is -2.78. The van der Waals surface area contributed by atoms with Gasteiger partial charge in [-0.2, -0.15) is 8.78 Å². The fraction of sp³-hybridized carbons (Fsp3) is 0.429. The van der Waals surface area contributed by atoms with Crippen LogP contribution >= 0.6 is 15.9 Å². The minimum absolute atomic E-state index is 0.136. The Morgan fingerprint density at radius 3 is 2.55 bits per heavy atom. The van der Waals surface area contributed by atoms with Crippen molar-refractivity contribution in [3.63, 3.8) is 0 Å². The maximum absolute atomic E-state index is 11.6. The number of hydrogen-bond donors (Lipinski definition) is 0. The Kier molecular flexibility index (Phi) is 5.11. The van der Waals surface area contributed by atoms with Crippen LogP contribution in [0.15, 0.2) is 24.0 Å². The van der Waals surface area contributed by atoms with Gasteiger partial charge < -0.3 is 4.74 Å². The van der Waals surface area contributed by atoms with Gasteiger partial charge in [-0.15, -0.1) is 0 Å². The number of hydrogen-bond acceptors (Lipinski definition) is 1. The number of halogens is 3. The lowest BCUT2D eigenvalue weighted by Gasteiger charge is -2.07. The van der Waals surface area contributed by atoms with Crippen molar-refractivity contribution in [2.24, 2.45) is 0 Å². The first-order valence-corrected chi connectivity index (χ1v) is 4.07. The zero-order valence-corrected chi connectivity index (χ0v) is 7.70. The van der Waals surface area contributed by atoms with Crippen molar-refractivity contribution in [1.82, 2.24) is 0 Å². The molecule has 0 aromatic heterocycles. The smallest absolute Gasteiger partial charge is 0.387 e. The van der Waals surface area contributed by atoms with E-state index in [2.05, 4.69) is 27.2 Å². The third-order valence-corrected chi connectivity index (χ3v) is 1.86. The Bertz CT molecular complexity index is 166. The molecular weight excluding hydrogens is 218 g/mol. The molecule has 0 aromatic rings. The van der Waals surface area contributed by atoms with Crippen LogP contribution in [0, 0.1) is 0 Å². The largest absolute Gasteiger partial charge is 0.435 e. The zero-order valence-electron chi connectivity index (χ0n) is 6.11. The van der Waals surface area contributed by atoms with Crippen LogP contribution in [0.3, 0.4) is 0 Å². The van der Waals surface area contributed by atoms with Gasteiger partial charge in [-0.1, -0.05) is 22.5 Å². The summed E-state index contributed by atoms with van der Waals surface area (Å²) in [5.41, 5.74) is 0.695. The molecule has 0 amide bonds. The molecular formula is C7H9BrF2O. The minimum Gasteiger partial charge on any atom is -0.435 e. The van der Waals surface area contributed by atoms with Gasteiger partial charge in [-0.25, -0.2) is 0 Å². The lowest BCUT2D eigenvalue weighted by atomic mass is 10.3. The molecule has 0 aliphatic carbocycles. The summed E-state index contributed by atoms with van der Waals surface area (Å²) in [5.74, 6) is 0.136. The van der Waals surface area contributed by atoms with Crippen molar-refractivity contribution in [2.75, 3.05) is 5.33 Å². The maximum Gasteiger partial charge on any atom is 0.387 e. The summed E-state index contributed by atoms with van der Waals surface area (Å²) in [6.07, 6.45) is 1.27. The molecule has 0 fully saturated rings. The van der Waals surface area contributed by atoms with Gasteiger partial charge in [0.25, 0.3) is 0 Å². The summed E-state index contributed by atoms with van der Waals surface area (Å²) in [4.78, 5) is 0. The van der Waals surface area contributed by atoms with Gasteiger partial charge in [0.1, 0.15) is 5.76 Å². The van der Waals surface area contributed by atoms with Crippen molar-refractivity contribution in [2.45, 2.75) is 13.5 Å². The van der Waals surface area contributed by atoms with E-state index >= 15 is 0 Å². The van der Waals surface area contributed by atoms with Crippen LogP contribution in [0.5, 0.6) is 0 Å². The fourth-order valence-corrected chi connectivity index (χ4v) is 0.761. The van der Waals surface area contributed by atoms with Gasteiger partial charge in [-0.3, -0.25) is 0 Å². The lowest BCUT2D eigenvalue weighted by molar-refractivity contribution is -0.0928. The molecule has 11 heavy (non-hydrogen) atoms. The average molecular weight is 227 g/mol. The Hall–Kier alpha value is -0.380. The topological polar surface area (TPSA) is 9.23 Å². The SMILES string of the molecule is C=C/C(OC(F)F)=C(\C)CBr. The highest BCUT2D eigenvalue weighted by Gasteiger charge is 2.06. The molecule has 64 valence electrons. The van der Waals surface area contributed by atoms with Gasteiger partial charge in [0.05, 0.1) is 0 Å². The van der Waals surface area contributed by atoms with E-state index in [0.29, 0.717) is 10.9 Å². The molecule has 0 unspecified atom stereocenters. The van der Waals surface area contributed by atoms with Crippen molar-refractivity contribution in [1.29, 1.82) is 0 Å². The van der Waals surface area contributed by atoms with Crippen molar-refractivity contribution in [3.8, 4) is 0 Å². The monoisotopic (exact) mass is 226 g/mol. The molecule has 0 aromatic carbocycles. The van der Waals surface area contributed by atoms with E-state index in [1.807, 2.05) is 0 Å². The Morgan fingerprint density at radius 2 is 2.27 bits per heavy atom. The molecule has 0 saturated carbocycles. The quantitative estimate of drug-likeness (QED) is 0.407. The molecule has 0 aliphatic heterocycles. The third kappa shape index (κ3) is 4.14. The Labute approximate surface area is 72.9 Å². The molecule has 0 heterocycles. The number of rotatable bonds is 4. The molecule has 0 atom stereocenters. The van der Waals surface area contributed by atoms with Crippen LogP contribution in [0.1, 0.15) is 6.92 Å². The molecule has 0 N–H and O–H groups in total. The number of allylic oxidation sites excluding steroid dienone is 2. The second-order valence-corrected chi connectivity index (χ2v) is 2.42. The second kappa shape index (κ2) is 5.29. The standard InChI is InChI=1S/C7H9BrF2O/c1-3-6(5(2)4-8)11-7(9)10/h3,7H,1,4H2,2H3/b6-5-. The second-order valence-electron chi connectivity index (χ2n) is 1.86. The Morgan fingerprint density at radius 1 is 1.73 bits per heavy atom. The van der Waals surface area contributed by atoms with Gasteiger partial charge in [0, 0.05) is 5.33 Å². The van der Waals surface area contributed by atoms with Crippen LogP contribution in [0.25, 0.3) is 0 Å². The average Bonchev–Trinajstić information content (AvgIpc) is 1.98. The van der Waals surface area contributed by atoms with E-state index in [0.717, 1.165) is 0 Å². The number of ether oxygens (including phenoxy) is 1. The summed E-state index contributed by atoms with van der Waals surface area (Å²) in [7, 11) is 0. The summed E-state index contributed by atoms with van der Waals surface area (Å²) < 4.78 is 27.4. The first-order chi connectivity index (χ1) is 5.11. The highest BCUT2D eigenvalue weighted by atomic mass is 79.9. The molecule has 0 rings (SSSR count). The van der Waals surface area contributed by atoms with Crippen LogP contribution in [-0.4, -0.2) is 11.9 Å². The highest BCUT2D eigenvalue weighted by molar-refractivity contribution is 9.09. The first-order valence-electron chi connectivity index (χ1n) is 2.94. The van der Waals surface area contributed by atoms with E-state index < -0.39 is 6.61 Å². The van der Waals surface area contributed by atoms with Gasteiger partial charge in [0.15, 0.2) is 0 Å². The maximum atomic E-state index is 11.6. The fourth-order valence-electron chi connectivity index (χ4n) is 0.485. The van der Waals surface area contributed by atoms with Gasteiger partial charge in [-0.05, 0) is 18.6 Å². The molecule has 0 spiro atoms. The summed E-state index contributed by atoms with van der Waals surface area (Å²) in [6, 6.07) is 0. The van der Waals surface area contributed by atoms with Gasteiger partial charge in [0.2, 0.25) is 0 Å². The van der Waals surface area contributed by atoms with E-state index in [9.17, 15) is 8.78 Å². The van der Waals surface area contributed by atoms with E-state index in [1.54, 1.807) is 6.92 Å². The van der Waals surface area contributed by atoms with Crippen LogP contribution in [-0.2, 0) is 4.74 Å². The molecule has 0 bridgehead atoms. The van der Waals surface area contributed by atoms with Gasteiger partial charge >= 0.3 is 6.61 Å². The lowest BCUT2D eigenvalue weighted by Crippen LogP contribution is -1.99. The van der Waals surface area contributed by atoms with E-state index in [4.69, 9.17) is 0 Å². The predicted octanol–water partition coefficient (Wildman–Crippen LogP) is 3.08. The van der Waals surface area contributed by atoms with E-state index in [-0.39, 0.29) is 5.76 Å². The molecule has 1 nitrogen and oxygen atoms in total. The number of alkyl halides is 3. The summed E-state index contributed by atoms with van der Waals surface area (Å²) in [5, 5.41) is 0.501. The molecule has 4 heteroatoms. The van der Waals surface area contributed by atoms with Crippen molar-refractivity contribution in [3.05, 3.63) is 24.0 Å². The van der Waals surface area contributed by atoms with Crippen LogP contribution < -0.4 is 0 Å². The summed E-state index contributed by atoms with van der Waals surface area (Å²) >= 11 is 3.12. The first kappa shape index (κ1) is 10.6. The zero-order chi connectivity index (χ0) is 8.85. The highest BCUT2D eigenvalue weighted by Crippen LogP contribution is 2.13.